The predicted molar refractivity (Wildman–Crippen MR) is 44.7 cm³/mol. The second kappa shape index (κ2) is 5.18. The molecule has 0 heterocycles. The van der Waals surface area contributed by atoms with E-state index in [-0.39, 0.29) is 6.47 Å². The van der Waals surface area contributed by atoms with Crippen LogP contribution in [0.5, 0.6) is 0 Å². The molecule has 0 aromatic heterocycles. The first-order valence-corrected chi connectivity index (χ1v) is 3.61. The average Bonchev–Trinajstić information content (AvgIpc) is 2.03. The quantitative estimate of drug-likeness (QED) is 0.227. The summed E-state index contributed by atoms with van der Waals surface area (Å²) in [5.41, 5.74) is 0. The van der Waals surface area contributed by atoms with Gasteiger partial charge in [-0.1, -0.05) is 0 Å². The van der Waals surface area contributed by atoms with Crippen LogP contribution < -0.4 is 5.32 Å². The van der Waals surface area contributed by atoms with Gasteiger partial charge in [-0.15, -0.1) is 0 Å². The van der Waals surface area contributed by atoms with Crippen LogP contribution in [0.15, 0.2) is 0 Å². The Hall–Kier alpha value is -1.53. The van der Waals surface area contributed by atoms with E-state index in [0.29, 0.717) is 0 Å². The Morgan fingerprint density at radius 3 is 2.54 bits per heavy atom. The molecule has 0 aliphatic carbocycles. The lowest BCUT2D eigenvalue weighted by Crippen LogP contribution is -2.38. The van der Waals surface area contributed by atoms with Gasteiger partial charge < -0.3 is 15.2 Å². The van der Waals surface area contributed by atoms with E-state index in [1.165, 1.54) is 14.8 Å². The monoisotopic (exact) mass is 187 g/mol. The molecule has 0 rings (SSSR count). The molecule has 0 aromatic carbocycles. The van der Waals surface area contributed by atoms with E-state index in [1.807, 2.05) is 0 Å². The van der Waals surface area contributed by atoms with Crippen molar-refractivity contribution in [3.05, 3.63) is 0 Å². The van der Waals surface area contributed by atoms with Crippen LogP contribution in [0.25, 0.3) is 0 Å². The van der Waals surface area contributed by atoms with Crippen molar-refractivity contribution in [1.29, 1.82) is 0 Å². The van der Waals surface area contributed by atoms with Gasteiger partial charge in [0.15, 0.2) is 6.23 Å². The highest BCUT2D eigenvalue weighted by Crippen LogP contribution is 1.98. The molecule has 0 saturated heterocycles. The molecule has 0 saturated carbocycles. The molecule has 2 atom stereocenters. The van der Waals surface area contributed by atoms with E-state index >= 15 is 0 Å². The first-order valence-electron chi connectivity index (χ1n) is 3.61. The molecule has 0 aliphatic rings. The third kappa shape index (κ3) is 4.14. The molecule has 0 fully saturated rings. The van der Waals surface area contributed by atoms with Gasteiger partial charge in [-0.05, 0) is 6.92 Å². The lowest BCUT2D eigenvalue weighted by Gasteiger charge is -2.13. The molecule has 2 N–H and O–H groups in total. The Balaban J connectivity index is 3.99. The second-order valence-corrected chi connectivity index (χ2v) is 2.44. The smallest absolute Gasteiger partial charge is 0.307 e. The van der Waals surface area contributed by atoms with Crippen molar-refractivity contribution in [2.75, 3.05) is 0 Å². The van der Waals surface area contributed by atoms with Crippen molar-refractivity contribution in [3.63, 3.8) is 0 Å². The van der Waals surface area contributed by atoms with Crippen molar-refractivity contribution < 1.29 is 24.2 Å². The van der Waals surface area contributed by atoms with Gasteiger partial charge in [0.05, 0.1) is 0 Å². The minimum absolute atomic E-state index is 0.177. The van der Waals surface area contributed by atoms with E-state index in [9.17, 15) is 14.4 Å². The molecular weight excluding hydrogens is 177 g/mol. The molecule has 0 aromatic rings. The molecule has 6 nitrogen and oxygen atoms in total. The van der Waals surface area contributed by atoms with E-state index in [1.54, 1.807) is 0 Å². The number of carboxylic acid groups (broad SMARTS) is 1. The maximum Gasteiger partial charge on any atom is 0.307 e. The van der Waals surface area contributed by atoms with Crippen LogP contribution in [0.2, 0.25) is 5.82 Å². The van der Waals surface area contributed by atoms with Crippen LogP contribution in [-0.2, 0) is 19.1 Å². The van der Waals surface area contributed by atoms with Gasteiger partial charge >= 0.3 is 5.97 Å². The number of nitrogens with one attached hydrogen (secondary N) is 1. The van der Waals surface area contributed by atoms with Gasteiger partial charge in [-0.3, -0.25) is 14.4 Å². The third-order valence-electron chi connectivity index (χ3n) is 1.37. The van der Waals surface area contributed by atoms with Crippen LogP contribution in [-0.4, -0.2) is 37.5 Å². The maximum atomic E-state index is 11.0. The van der Waals surface area contributed by atoms with Gasteiger partial charge in [0.1, 0.15) is 13.7 Å². The Labute approximate surface area is 75.7 Å². The lowest BCUT2D eigenvalue weighted by atomic mass is 9.87. The molecule has 13 heavy (non-hydrogen) atoms. The van der Waals surface area contributed by atoms with E-state index in [4.69, 9.17) is 5.11 Å². The number of aliphatic carboxylic acids is 1. The fraction of sp³-hybridized carbons (Fsp3) is 0.500. The summed E-state index contributed by atoms with van der Waals surface area (Å²) in [7, 11) is 1.24. The highest BCUT2D eigenvalue weighted by atomic mass is 16.5. The van der Waals surface area contributed by atoms with Gasteiger partial charge in [0.25, 0.3) is 6.47 Å². The van der Waals surface area contributed by atoms with Crippen molar-refractivity contribution in [1.82, 2.24) is 5.32 Å². The highest BCUT2D eigenvalue weighted by Gasteiger charge is 2.21. The number of ether oxygens (including phenoxy) is 1. The number of hydrogen-bond donors (Lipinski definition) is 2. The maximum absolute atomic E-state index is 11.0. The minimum atomic E-state index is -1.23. The molecule has 7 heteroatoms. The lowest BCUT2D eigenvalue weighted by molar-refractivity contribution is -0.142. The summed E-state index contributed by atoms with van der Waals surface area (Å²) < 4.78 is 4.34. The zero-order chi connectivity index (χ0) is 10.4. The summed E-state index contributed by atoms with van der Waals surface area (Å²) in [6.07, 6.45) is -0.813. The summed E-state index contributed by atoms with van der Waals surface area (Å²) in [5.74, 6) is -3.07. The zero-order valence-corrected chi connectivity index (χ0v) is 7.31. The van der Waals surface area contributed by atoms with Crippen molar-refractivity contribution in [2.24, 2.45) is 0 Å². The standard InChI is InChI=1S/C6H10BNO5/c1-3(13-2-9)8-5(10)4(7)6(11)12/h2-4H,7H2,1H3,(H,8,10)(H,11,12). The topological polar surface area (TPSA) is 92.7 Å². The number of hydrogen-bond acceptors (Lipinski definition) is 4. The highest BCUT2D eigenvalue weighted by molar-refractivity contribution is 6.34. The van der Waals surface area contributed by atoms with Gasteiger partial charge in [0, 0.05) is 0 Å². The number of carbonyl (C=O) groups excluding carboxylic acids is 2. The third-order valence-corrected chi connectivity index (χ3v) is 1.37. The molecule has 0 spiro atoms. The van der Waals surface area contributed by atoms with Crippen LogP contribution in [0.4, 0.5) is 0 Å². The fourth-order valence-electron chi connectivity index (χ4n) is 0.555. The zero-order valence-electron chi connectivity index (χ0n) is 7.31. The number of carbonyl (C=O) groups is 3. The van der Waals surface area contributed by atoms with E-state index < -0.39 is 23.9 Å². The largest absolute Gasteiger partial charge is 0.481 e. The predicted octanol–water partition coefficient (Wildman–Crippen LogP) is -1.87. The van der Waals surface area contributed by atoms with Crippen molar-refractivity contribution >= 4 is 26.2 Å². The van der Waals surface area contributed by atoms with Crippen molar-refractivity contribution in [3.8, 4) is 0 Å². The van der Waals surface area contributed by atoms with Crippen LogP contribution >= 0.6 is 0 Å². The Kier molecular flexibility index (Phi) is 4.57. The molecule has 2 unspecified atom stereocenters. The number of rotatable bonds is 5. The summed E-state index contributed by atoms with van der Waals surface area (Å²) in [4.78, 5) is 31.1. The van der Waals surface area contributed by atoms with E-state index in [2.05, 4.69) is 10.1 Å². The molecule has 1 amide bonds. The van der Waals surface area contributed by atoms with Gasteiger partial charge in [-0.2, -0.15) is 0 Å². The Bertz CT molecular complexity index is 219. The first kappa shape index (κ1) is 11.5. The fourth-order valence-corrected chi connectivity index (χ4v) is 0.555. The normalized spacial score (nSPS) is 13.9. The SMILES string of the molecule is BC(C(=O)O)C(=O)NC(C)OC=O. The van der Waals surface area contributed by atoms with Crippen LogP contribution in [0, 0.1) is 0 Å². The van der Waals surface area contributed by atoms with Crippen LogP contribution in [0.3, 0.4) is 0 Å². The molecule has 0 radical (unpaired) electrons. The van der Waals surface area contributed by atoms with Crippen LogP contribution in [0.1, 0.15) is 6.92 Å². The summed E-state index contributed by atoms with van der Waals surface area (Å²) in [5, 5.41) is 10.6. The summed E-state index contributed by atoms with van der Waals surface area (Å²) >= 11 is 0. The molecule has 0 bridgehead atoms. The molecular formula is C6H10BNO5. The number of carboxylic acids is 1. The van der Waals surface area contributed by atoms with Crippen molar-refractivity contribution in [2.45, 2.75) is 19.0 Å². The molecule has 72 valence electrons. The minimum Gasteiger partial charge on any atom is -0.481 e. The van der Waals surface area contributed by atoms with E-state index in [0.717, 1.165) is 0 Å². The summed E-state index contributed by atoms with van der Waals surface area (Å²) in [6, 6.07) is 0. The Morgan fingerprint density at radius 1 is 1.62 bits per heavy atom. The first-order chi connectivity index (χ1) is 5.99. The Morgan fingerprint density at radius 2 is 2.15 bits per heavy atom. The van der Waals surface area contributed by atoms with Gasteiger partial charge in [-0.25, -0.2) is 0 Å². The number of amides is 1. The average molecular weight is 187 g/mol. The molecule has 0 aliphatic heterocycles. The van der Waals surface area contributed by atoms with Gasteiger partial charge in [0.2, 0.25) is 5.91 Å². The second-order valence-electron chi connectivity index (χ2n) is 2.44. The summed E-state index contributed by atoms with van der Waals surface area (Å²) in [6.45, 7) is 1.59.